The molecule has 0 saturated heterocycles. The van der Waals surface area contributed by atoms with Gasteiger partial charge in [-0.25, -0.2) is 0 Å². The molecule has 0 radical (unpaired) electrons. The van der Waals surface area contributed by atoms with Crippen LogP contribution in [0.25, 0.3) is 0 Å². The number of thiocarbonyl (C=S) groups is 1. The van der Waals surface area contributed by atoms with Gasteiger partial charge >= 0.3 is 0 Å². The van der Waals surface area contributed by atoms with Crippen molar-refractivity contribution in [1.29, 1.82) is 0 Å². The van der Waals surface area contributed by atoms with Crippen molar-refractivity contribution in [2.75, 3.05) is 6.54 Å². The van der Waals surface area contributed by atoms with Crippen LogP contribution in [0, 0.1) is 11.3 Å². The second kappa shape index (κ2) is 7.26. The summed E-state index contributed by atoms with van der Waals surface area (Å²) in [6.07, 6.45) is 4.76. The lowest BCUT2D eigenvalue weighted by atomic mass is 9.71. The lowest BCUT2D eigenvalue weighted by molar-refractivity contribution is 0.161. The topological polar surface area (TPSA) is 24.1 Å². The lowest BCUT2D eigenvalue weighted by Crippen LogP contribution is -2.47. The van der Waals surface area contributed by atoms with E-state index < -0.39 is 0 Å². The number of nitrogens with one attached hydrogen (secondary N) is 2. The maximum atomic E-state index is 5.44. The van der Waals surface area contributed by atoms with Crippen molar-refractivity contribution in [1.82, 2.24) is 10.6 Å². The molecule has 0 amide bonds. The van der Waals surface area contributed by atoms with Gasteiger partial charge in [-0.1, -0.05) is 51.1 Å². The highest BCUT2D eigenvalue weighted by molar-refractivity contribution is 7.80. The van der Waals surface area contributed by atoms with Gasteiger partial charge in [0.05, 0.1) is 0 Å². The SMILES string of the molecule is CC1CC(NC(=S)NCCc2ccccc2)CC(C)(C)C1. The summed E-state index contributed by atoms with van der Waals surface area (Å²) in [4.78, 5) is 0. The van der Waals surface area contributed by atoms with E-state index in [1.807, 2.05) is 0 Å². The molecule has 1 aliphatic carbocycles. The molecule has 21 heavy (non-hydrogen) atoms. The fourth-order valence-electron chi connectivity index (χ4n) is 3.66. The molecule has 2 nitrogen and oxygen atoms in total. The lowest BCUT2D eigenvalue weighted by Gasteiger charge is -2.39. The van der Waals surface area contributed by atoms with E-state index in [1.54, 1.807) is 0 Å². The van der Waals surface area contributed by atoms with Crippen LogP contribution >= 0.6 is 12.2 Å². The van der Waals surface area contributed by atoms with Crippen LogP contribution in [0.5, 0.6) is 0 Å². The third kappa shape index (κ3) is 5.66. The standard InChI is InChI=1S/C18H28N2S/c1-14-11-16(13-18(2,3)12-14)20-17(21)19-10-9-15-7-5-4-6-8-15/h4-8,14,16H,9-13H2,1-3H3,(H2,19,20,21). The summed E-state index contributed by atoms with van der Waals surface area (Å²) in [6.45, 7) is 7.97. The number of rotatable bonds is 4. The third-order valence-electron chi connectivity index (χ3n) is 4.26. The summed E-state index contributed by atoms with van der Waals surface area (Å²) in [5, 5.41) is 7.66. The van der Waals surface area contributed by atoms with Gasteiger partial charge in [0.15, 0.2) is 5.11 Å². The van der Waals surface area contributed by atoms with E-state index in [0.717, 1.165) is 24.0 Å². The molecule has 116 valence electrons. The fraction of sp³-hybridized carbons (Fsp3) is 0.611. The van der Waals surface area contributed by atoms with Crippen LogP contribution in [-0.4, -0.2) is 17.7 Å². The molecule has 0 spiro atoms. The quantitative estimate of drug-likeness (QED) is 0.825. The molecule has 1 saturated carbocycles. The van der Waals surface area contributed by atoms with Gasteiger partial charge < -0.3 is 10.6 Å². The van der Waals surface area contributed by atoms with Crippen molar-refractivity contribution in [3.05, 3.63) is 35.9 Å². The summed E-state index contributed by atoms with van der Waals surface area (Å²) in [5.74, 6) is 0.776. The van der Waals surface area contributed by atoms with Gasteiger partial charge in [-0.05, 0) is 54.8 Å². The third-order valence-corrected chi connectivity index (χ3v) is 4.53. The van der Waals surface area contributed by atoms with Crippen LogP contribution in [0.2, 0.25) is 0 Å². The van der Waals surface area contributed by atoms with Gasteiger partial charge in [0.1, 0.15) is 0 Å². The average Bonchev–Trinajstić information content (AvgIpc) is 2.37. The van der Waals surface area contributed by atoms with E-state index in [4.69, 9.17) is 12.2 Å². The van der Waals surface area contributed by atoms with E-state index in [1.165, 1.54) is 24.8 Å². The molecule has 1 aliphatic rings. The van der Waals surface area contributed by atoms with Crippen molar-refractivity contribution < 1.29 is 0 Å². The Morgan fingerprint density at radius 3 is 2.62 bits per heavy atom. The Morgan fingerprint density at radius 2 is 1.95 bits per heavy atom. The van der Waals surface area contributed by atoms with Crippen molar-refractivity contribution in [3.63, 3.8) is 0 Å². The molecule has 2 N–H and O–H groups in total. The zero-order valence-electron chi connectivity index (χ0n) is 13.5. The van der Waals surface area contributed by atoms with Crippen LogP contribution in [0.1, 0.15) is 45.6 Å². The minimum absolute atomic E-state index is 0.426. The van der Waals surface area contributed by atoms with Gasteiger partial charge in [0.25, 0.3) is 0 Å². The summed E-state index contributed by atoms with van der Waals surface area (Å²) in [6, 6.07) is 11.0. The van der Waals surface area contributed by atoms with E-state index in [9.17, 15) is 0 Å². The van der Waals surface area contributed by atoms with E-state index in [0.29, 0.717) is 11.5 Å². The Hall–Kier alpha value is -1.09. The minimum atomic E-state index is 0.426. The summed E-state index contributed by atoms with van der Waals surface area (Å²) >= 11 is 5.44. The number of hydrogen-bond donors (Lipinski definition) is 2. The van der Waals surface area contributed by atoms with Gasteiger partial charge in [-0.2, -0.15) is 0 Å². The first kappa shape index (κ1) is 16.3. The molecule has 0 bridgehead atoms. The summed E-state index contributed by atoms with van der Waals surface area (Å²) < 4.78 is 0. The van der Waals surface area contributed by atoms with Crippen LogP contribution in [0.4, 0.5) is 0 Å². The molecule has 3 heteroatoms. The van der Waals surface area contributed by atoms with Crippen molar-refractivity contribution in [3.8, 4) is 0 Å². The molecule has 1 fully saturated rings. The Labute approximate surface area is 134 Å². The molecule has 0 aliphatic heterocycles. The van der Waals surface area contributed by atoms with Crippen molar-refractivity contribution in [2.24, 2.45) is 11.3 Å². The monoisotopic (exact) mass is 304 g/mol. The second-order valence-corrected chi connectivity index (χ2v) is 7.65. The Kier molecular flexibility index (Phi) is 5.63. The smallest absolute Gasteiger partial charge is 0.166 e. The van der Waals surface area contributed by atoms with E-state index in [2.05, 4.69) is 61.7 Å². The molecule has 2 unspecified atom stereocenters. The Balaban J connectivity index is 1.72. The number of hydrogen-bond acceptors (Lipinski definition) is 1. The van der Waals surface area contributed by atoms with Crippen LogP contribution < -0.4 is 10.6 Å². The van der Waals surface area contributed by atoms with Gasteiger partial charge in [-0.15, -0.1) is 0 Å². The summed E-state index contributed by atoms with van der Waals surface area (Å²) in [7, 11) is 0. The van der Waals surface area contributed by atoms with Gasteiger partial charge in [0.2, 0.25) is 0 Å². The normalized spacial score (nSPS) is 24.3. The first-order valence-corrected chi connectivity index (χ1v) is 8.44. The molecule has 1 aromatic rings. The molecular formula is C18H28N2S. The maximum Gasteiger partial charge on any atom is 0.166 e. The van der Waals surface area contributed by atoms with Crippen molar-refractivity contribution >= 4 is 17.3 Å². The van der Waals surface area contributed by atoms with Crippen LogP contribution in [0.3, 0.4) is 0 Å². The zero-order valence-corrected chi connectivity index (χ0v) is 14.3. The van der Waals surface area contributed by atoms with Crippen molar-refractivity contribution in [2.45, 2.75) is 52.5 Å². The zero-order chi connectivity index (χ0) is 15.3. The Morgan fingerprint density at radius 1 is 1.24 bits per heavy atom. The van der Waals surface area contributed by atoms with Crippen LogP contribution in [-0.2, 0) is 6.42 Å². The minimum Gasteiger partial charge on any atom is -0.362 e. The van der Waals surface area contributed by atoms with Gasteiger partial charge in [-0.3, -0.25) is 0 Å². The van der Waals surface area contributed by atoms with Gasteiger partial charge in [0, 0.05) is 12.6 Å². The van der Waals surface area contributed by atoms with Crippen LogP contribution in [0.15, 0.2) is 30.3 Å². The van der Waals surface area contributed by atoms with E-state index >= 15 is 0 Å². The molecular weight excluding hydrogens is 276 g/mol. The molecule has 2 rings (SSSR count). The Bertz CT molecular complexity index is 456. The molecule has 0 heterocycles. The first-order valence-electron chi connectivity index (χ1n) is 8.03. The van der Waals surface area contributed by atoms with E-state index in [-0.39, 0.29) is 0 Å². The predicted molar refractivity (Wildman–Crippen MR) is 94.5 cm³/mol. The first-order chi connectivity index (χ1) is 9.94. The highest BCUT2D eigenvalue weighted by atomic mass is 32.1. The number of benzene rings is 1. The second-order valence-electron chi connectivity index (χ2n) is 7.25. The summed E-state index contributed by atoms with van der Waals surface area (Å²) in [5.41, 5.74) is 1.77. The largest absolute Gasteiger partial charge is 0.362 e. The molecule has 1 aromatic carbocycles. The average molecular weight is 305 g/mol. The fourth-order valence-corrected chi connectivity index (χ4v) is 3.93. The highest BCUT2D eigenvalue weighted by Gasteiger charge is 2.32. The molecule has 0 aromatic heterocycles. The molecule has 2 atom stereocenters. The highest BCUT2D eigenvalue weighted by Crippen LogP contribution is 2.38. The maximum absolute atomic E-state index is 5.44. The predicted octanol–water partition coefficient (Wildman–Crippen LogP) is 3.91.